The molecule has 0 radical (unpaired) electrons. The molecule has 0 aliphatic heterocycles. The zero-order valence-electron chi connectivity index (χ0n) is 13.5. The van der Waals surface area contributed by atoms with Gasteiger partial charge in [0.1, 0.15) is 11.6 Å². The Balaban J connectivity index is 2.10. The summed E-state index contributed by atoms with van der Waals surface area (Å²) in [5.74, 6) is -1.85. The van der Waals surface area contributed by atoms with Crippen molar-refractivity contribution < 1.29 is 17.2 Å². The highest BCUT2D eigenvalue weighted by Gasteiger charge is 2.20. The monoisotopic (exact) mass is 354 g/mol. The second-order valence-electron chi connectivity index (χ2n) is 5.76. The highest BCUT2D eigenvalue weighted by atomic mass is 32.2. The predicted molar refractivity (Wildman–Crippen MR) is 89.2 cm³/mol. The molecule has 0 aromatic heterocycles. The summed E-state index contributed by atoms with van der Waals surface area (Å²) in [5.41, 5.74) is 1.08. The average molecular weight is 354 g/mol. The van der Waals surface area contributed by atoms with E-state index in [9.17, 15) is 17.2 Å². The lowest BCUT2D eigenvalue weighted by Crippen LogP contribution is -2.41. The van der Waals surface area contributed by atoms with Crippen LogP contribution in [0.25, 0.3) is 0 Å². The molecule has 7 heteroatoms. The van der Waals surface area contributed by atoms with Gasteiger partial charge in [0.2, 0.25) is 10.0 Å². The Morgan fingerprint density at radius 1 is 1.04 bits per heavy atom. The summed E-state index contributed by atoms with van der Waals surface area (Å²) in [6.45, 7) is 0.127. The van der Waals surface area contributed by atoms with Crippen molar-refractivity contribution >= 4 is 10.0 Å². The molecule has 0 saturated carbocycles. The third-order valence-electron chi connectivity index (χ3n) is 3.70. The van der Waals surface area contributed by atoms with E-state index in [2.05, 4.69) is 4.72 Å². The number of likely N-dealkylation sites (N-methyl/N-ethyl adjacent to an activating group) is 1. The first-order valence-corrected chi connectivity index (χ1v) is 8.92. The van der Waals surface area contributed by atoms with Crippen molar-refractivity contribution in [3.8, 4) is 0 Å². The molecule has 2 aromatic carbocycles. The third-order valence-corrected chi connectivity index (χ3v) is 5.10. The molecule has 0 amide bonds. The van der Waals surface area contributed by atoms with Crippen LogP contribution in [0, 0.1) is 11.6 Å². The van der Waals surface area contributed by atoms with E-state index in [1.54, 1.807) is 0 Å². The zero-order valence-corrected chi connectivity index (χ0v) is 14.4. The number of hydrogen-bond acceptors (Lipinski definition) is 3. The van der Waals surface area contributed by atoms with E-state index in [0.29, 0.717) is 12.5 Å². The van der Waals surface area contributed by atoms with Crippen molar-refractivity contribution in [1.82, 2.24) is 9.62 Å². The van der Waals surface area contributed by atoms with E-state index >= 15 is 0 Å². The zero-order chi connectivity index (χ0) is 17.7. The second kappa shape index (κ2) is 7.83. The van der Waals surface area contributed by atoms with E-state index in [1.165, 1.54) is 0 Å². The van der Waals surface area contributed by atoms with Gasteiger partial charge < -0.3 is 4.90 Å². The Kier molecular flexibility index (Phi) is 6.04. The highest BCUT2D eigenvalue weighted by molar-refractivity contribution is 7.89. The number of sulfonamides is 1. The normalized spacial score (nSPS) is 13.2. The molecule has 0 heterocycles. The van der Waals surface area contributed by atoms with Crippen LogP contribution in [0.5, 0.6) is 0 Å². The smallest absolute Gasteiger partial charge is 0.240 e. The minimum absolute atomic E-state index is 0.0967. The summed E-state index contributed by atoms with van der Waals surface area (Å²) < 4.78 is 53.4. The second-order valence-corrected chi connectivity index (χ2v) is 7.53. The van der Waals surface area contributed by atoms with Crippen molar-refractivity contribution in [1.29, 1.82) is 0 Å². The first-order chi connectivity index (χ1) is 11.3. The van der Waals surface area contributed by atoms with Crippen LogP contribution < -0.4 is 4.72 Å². The van der Waals surface area contributed by atoms with Crippen molar-refractivity contribution in [2.75, 3.05) is 20.6 Å². The summed E-state index contributed by atoms with van der Waals surface area (Å²) in [6.07, 6.45) is 0.647. The fourth-order valence-electron chi connectivity index (χ4n) is 2.30. The first-order valence-electron chi connectivity index (χ1n) is 7.44. The molecule has 130 valence electrons. The maximum absolute atomic E-state index is 13.2. The van der Waals surface area contributed by atoms with Gasteiger partial charge in [-0.05, 0) is 38.2 Å². The van der Waals surface area contributed by atoms with Crippen LogP contribution in [0.3, 0.4) is 0 Å². The Morgan fingerprint density at radius 3 is 2.17 bits per heavy atom. The molecule has 1 N–H and O–H groups in total. The standard InChI is InChI=1S/C17H20F2N2O2S/c1-21(2)16(8-13-6-4-3-5-7-13)12-20-24(22,23)17-10-14(18)9-15(19)11-17/h3-7,9-11,16,20H,8,12H2,1-2H3. The summed E-state index contributed by atoms with van der Waals surface area (Å²) in [4.78, 5) is 1.49. The average Bonchev–Trinajstić information content (AvgIpc) is 2.51. The topological polar surface area (TPSA) is 49.4 Å². The number of nitrogens with zero attached hydrogens (tertiary/aromatic N) is 1. The van der Waals surface area contributed by atoms with Gasteiger partial charge in [0.25, 0.3) is 0 Å². The summed E-state index contributed by atoms with van der Waals surface area (Å²) in [6, 6.07) is 11.8. The summed E-state index contributed by atoms with van der Waals surface area (Å²) in [5, 5.41) is 0. The molecule has 0 saturated heterocycles. The molecule has 2 rings (SSSR count). The molecule has 24 heavy (non-hydrogen) atoms. The number of rotatable bonds is 7. The van der Waals surface area contributed by atoms with E-state index in [4.69, 9.17) is 0 Å². The van der Waals surface area contributed by atoms with Gasteiger partial charge in [0.05, 0.1) is 4.90 Å². The minimum atomic E-state index is -3.98. The molecule has 1 unspecified atom stereocenters. The van der Waals surface area contributed by atoms with Crippen molar-refractivity contribution in [2.45, 2.75) is 17.4 Å². The van der Waals surface area contributed by atoms with Gasteiger partial charge in [0.15, 0.2) is 0 Å². The summed E-state index contributed by atoms with van der Waals surface area (Å²) >= 11 is 0. The highest BCUT2D eigenvalue weighted by Crippen LogP contribution is 2.14. The molecule has 0 bridgehead atoms. The van der Waals surface area contributed by atoms with Crippen LogP contribution in [0.2, 0.25) is 0 Å². The molecule has 2 aromatic rings. The SMILES string of the molecule is CN(C)C(CNS(=O)(=O)c1cc(F)cc(F)c1)Cc1ccccc1. The number of halogens is 2. The fourth-order valence-corrected chi connectivity index (χ4v) is 3.41. The van der Waals surface area contributed by atoms with Crippen LogP contribution in [-0.4, -0.2) is 40.0 Å². The Labute approximate surface area is 141 Å². The van der Waals surface area contributed by atoms with Gasteiger partial charge in [-0.1, -0.05) is 30.3 Å². The maximum Gasteiger partial charge on any atom is 0.240 e. The molecular formula is C17H20F2N2O2S. The number of nitrogens with one attached hydrogen (secondary N) is 1. The van der Waals surface area contributed by atoms with Gasteiger partial charge in [-0.2, -0.15) is 0 Å². The van der Waals surface area contributed by atoms with Gasteiger partial charge in [0, 0.05) is 18.7 Å². The minimum Gasteiger partial charge on any atom is -0.305 e. The van der Waals surface area contributed by atoms with E-state index in [-0.39, 0.29) is 12.6 Å². The molecule has 0 aliphatic rings. The van der Waals surface area contributed by atoms with Crippen LogP contribution in [0.1, 0.15) is 5.56 Å². The van der Waals surface area contributed by atoms with Crippen LogP contribution in [0.15, 0.2) is 53.4 Å². The fraction of sp³-hybridized carbons (Fsp3) is 0.294. The van der Waals surface area contributed by atoms with Crippen LogP contribution in [0.4, 0.5) is 8.78 Å². The quantitative estimate of drug-likeness (QED) is 0.831. The lowest BCUT2D eigenvalue weighted by Gasteiger charge is -2.24. The van der Waals surface area contributed by atoms with E-state index in [1.807, 2.05) is 49.3 Å². The Bertz CT molecular complexity index is 760. The lowest BCUT2D eigenvalue weighted by molar-refractivity contribution is 0.291. The van der Waals surface area contributed by atoms with Crippen molar-refractivity contribution in [3.05, 3.63) is 65.7 Å². The largest absolute Gasteiger partial charge is 0.305 e. The van der Waals surface area contributed by atoms with Gasteiger partial charge in [-0.15, -0.1) is 0 Å². The summed E-state index contributed by atoms with van der Waals surface area (Å²) in [7, 11) is -0.281. The van der Waals surface area contributed by atoms with Gasteiger partial charge >= 0.3 is 0 Å². The molecular weight excluding hydrogens is 334 g/mol. The van der Waals surface area contributed by atoms with Crippen molar-refractivity contribution in [3.63, 3.8) is 0 Å². The van der Waals surface area contributed by atoms with Crippen LogP contribution >= 0.6 is 0 Å². The van der Waals surface area contributed by atoms with Gasteiger partial charge in [-0.25, -0.2) is 21.9 Å². The first kappa shape index (κ1) is 18.5. The van der Waals surface area contributed by atoms with Crippen molar-refractivity contribution in [2.24, 2.45) is 0 Å². The molecule has 4 nitrogen and oxygen atoms in total. The van der Waals surface area contributed by atoms with E-state index < -0.39 is 26.6 Å². The molecule has 0 spiro atoms. The third kappa shape index (κ3) is 5.09. The molecule has 0 fully saturated rings. The molecule has 1 atom stereocenters. The number of benzene rings is 2. The Morgan fingerprint density at radius 2 is 1.62 bits per heavy atom. The lowest BCUT2D eigenvalue weighted by atomic mass is 10.1. The Hall–Kier alpha value is -1.83. The van der Waals surface area contributed by atoms with Gasteiger partial charge in [-0.3, -0.25) is 0 Å². The maximum atomic E-state index is 13.2. The predicted octanol–water partition coefficient (Wildman–Crippen LogP) is 2.42. The van der Waals surface area contributed by atoms with Crippen LogP contribution in [-0.2, 0) is 16.4 Å². The number of hydrogen-bond donors (Lipinski definition) is 1. The van der Waals surface area contributed by atoms with E-state index in [0.717, 1.165) is 17.7 Å². The molecule has 0 aliphatic carbocycles.